The van der Waals surface area contributed by atoms with Gasteiger partial charge in [-0.15, -0.1) is 0 Å². The first-order valence-corrected chi connectivity index (χ1v) is 6.96. The number of nitrogens with one attached hydrogen (secondary N) is 1. The zero-order valence-corrected chi connectivity index (χ0v) is 11.5. The SMILES string of the molecule is Cc1ccc(CCC(=O)C2CCCNC2)cc1C. The summed E-state index contributed by atoms with van der Waals surface area (Å²) in [5, 5.41) is 3.31. The van der Waals surface area contributed by atoms with Gasteiger partial charge in [0.05, 0.1) is 0 Å². The fourth-order valence-electron chi connectivity index (χ4n) is 2.56. The first kappa shape index (κ1) is 13.3. The quantitative estimate of drug-likeness (QED) is 0.883. The Morgan fingerprint density at radius 3 is 2.83 bits per heavy atom. The molecule has 1 saturated heterocycles. The highest BCUT2D eigenvalue weighted by Gasteiger charge is 2.20. The number of aryl methyl sites for hydroxylation is 3. The Balaban J connectivity index is 1.86. The largest absolute Gasteiger partial charge is 0.316 e. The number of carbonyl (C=O) groups excluding carboxylic acids is 1. The molecule has 1 aromatic carbocycles. The summed E-state index contributed by atoms with van der Waals surface area (Å²) in [4.78, 5) is 12.1. The molecule has 0 aromatic heterocycles. The number of Topliss-reactive ketones (excluding diaryl/α,β-unsaturated/α-hetero) is 1. The molecule has 1 aliphatic rings. The highest BCUT2D eigenvalue weighted by Crippen LogP contribution is 2.16. The summed E-state index contributed by atoms with van der Waals surface area (Å²) in [6, 6.07) is 6.51. The van der Waals surface area contributed by atoms with E-state index >= 15 is 0 Å². The standard InChI is InChI=1S/C16H23NO/c1-12-5-6-14(10-13(12)2)7-8-16(18)15-4-3-9-17-11-15/h5-6,10,15,17H,3-4,7-9,11H2,1-2H3. The number of hydrogen-bond acceptors (Lipinski definition) is 2. The fraction of sp³-hybridized carbons (Fsp3) is 0.562. The van der Waals surface area contributed by atoms with Gasteiger partial charge in [-0.3, -0.25) is 4.79 Å². The van der Waals surface area contributed by atoms with E-state index in [0.29, 0.717) is 12.2 Å². The number of carbonyl (C=O) groups is 1. The molecule has 0 aliphatic carbocycles. The van der Waals surface area contributed by atoms with Crippen molar-refractivity contribution in [2.24, 2.45) is 5.92 Å². The van der Waals surface area contributed by atoms with Crippen LogP contribution in [0.25, 0.3) is 0 Å². The first-order chi connectivity index (χ1) is 8.66. The molecule has 1 fully saturated rings. The lowest BCUT2D eigenvalue weighted by atomic mass is 9.91. The molecule has 98 valence electrons. The normalized spacial score (nSPS) is 19.8. The van der Waals surface area contributed by atoms with E-state index in [2.05, 4.69) is 37.4 Å². The number of rotatable bonds is 4. The van der Waals surface area contributed by atoms with Crippen LogP contribution in [0.4, 0.5) is 0 Å². The topological polar surface area (TPSA) is 29.1 Å². The third kappa shape index (κ3) is 3.42. The van der Waals surface area contributed by atoms with Gasteiger partial charge in [-0.1, -0.05) is 18.2 Å². The van der Waals surface area contributed by atoms with Crippen molar-refractivity contribution in [1.82, 2.24) is 5.32 Å². The average Bonchev–Trinajstić information content (AvgIpc) is 2.41. The molecule has 1 heterocycles. The molecule has 18 heavy (non-hydrogen) atoms. The van der Waals surface area contributed by atoms with E-state index in [4.69, 9.17) is 0 Å². The van der Waals surface area contributed by atoms with Gasteiger partial charge in [0, 0.05) is 18.9 Å². The van der Waals surface area contributed by atoms with Crippen LogP contribution in [-0.2, 0) is 11.2 Å². The number of piperidine rings is 1. The van der Waals surface area contributed by atoms with E-state index in [1.54, 1.807) is 0 Å². The Hall–Kier alpha value is -1.15. The lowest BCUT2D eigenvalue weighted by Gasteiger charge is -2.21. The summed E-state index contributed by atoms with van der Waals surface area (Å²) in [7, 11) is 0. The molecule has 1 N–H and O–H groups in total. The summed E-state index contributed by atoms with van der Waals surface area (Å²) in [5.41, 5.74) is 3.93. The van der Waals surface area contributed by atoms with E-state index in [9.17, 15) is 4.79 Å². The summed E-state index contributed by atoms with van der Waals surface area (Å²) >= 11 is 0. The van der Waals surface area contributed by atoms with Gasteiger partial charge in [-0.05, 0) is 56.3 Å². The molecule has 2 nitrogen and oxygen atoms in total. The molecule has 1 unspecified atom stereocenters. The Morgan fingerprint density at radius 2 is 2.17 bits per heavy atom. The van der Waals surface area contributed by atoms with Crippen LogP contribution >= 0.6 is 0 Å². The second-order valence-corrected chi connectivity index (χ2v) is 5.43. The number of ketones is 1. The van der Waals surface area contributed by atoms with E-state index in [1.807, 2.05) is 0 Å². The van der Waals surface area contributed by atoms with Crippen molar-refractivity contribution >= 4 is 5.78 Å². The highest BCUT2D eigenvalue weighted by atomic mass is 16.1. The van der Waals surface area contributed by atoms with Gasteiger partial charge in [0.25, 0.3) is 0 Å². The van der Waals surface area contributed by atoms with E-state index in [0.717, 1.165) is 32.4 Å². The number of benzene rings is 1. The second kappa shape index (κ2) is 6.14. The van der Waals surface area contributed by atoms with Crippen LogP contribution in [0.15, 0.2) is 18.2 Å². The Bertz CT molecular complexity index is 419. The van der Waals surface area contributed by atoms with Gasteiger partial charge in [0.2, 0.25) is 0 Å². The lowest BCUT2D eigenvalue weighted by molar-refractivity contribution is -0.123. The van der Waals surface area contributed by atoms with Crippen molar-refractivity contribution in [3.63, 3.8) is 0 Å². The summed E-state index contributed by atoms with van der Waals surface area (Å²) in [6.07, 6.45) is 3.78. The second-order valence-electron chi connectivity index (χ2n) is 5.43. The third-order valence-electron chi connectivity index (χ3n) is 3.98. The average molecular weight is 245 g/mol. The molecular formula is C16H23NO. The minimum absolute atomic E-state index is 0.255. The minimum Gasteiger partial charge on any atom is -0.316 e. The van der Waals surface area contributed by atoms with Crippen molar-refractivity contribution in [2.45, 2.75) is 39.5 Å². The smallest absolute Gasteiger partial charge is 0.137 e. The zero-order chi connectivity index (χ0) is 13.0. The molecule has 0 saturated carbocycles. The zero-order valence-electron chi connectivity index (χ0n) is 11.5. The predicted molar refractivity (Wildman–Crippen MR) is 74.8 cm³/mol. The van der Waals surface area contributed by atoms with Crippen LogP contribution in [0.5, 0.6) is 0 Å². The molecule has 1 atom stereocenters. The van der Waals surface area contributed by atoms with Crippen molar-refractivity contribution in [3.8, 4) is 0 Å². The fourth-order valence-corrected chi connectivity index (χ4v) is 2.56. The van der Waals surface area contributed by atoms with Crippen LogP contribution in [0.1, 0.15) is 36.0 Å². The van der Waals surface area contributed by atoms with Crippen LogP contribution in [0.3, 0.4) is 0 Å². The van der Waals surface area contributed by atoms with E-state index in [-0.39, 0.29) is 5.92 Å². The van der Waals surface area contributed by atoms with Gasteiger partial charge < -0.3 is 5.32 Å². The van der Waals surface area contributed by atoms with Crippen LogP contribution in [0.2, 0.25) is 0 Å². The Labute approximate surface area is 110 Å². The van der Waals surface area contributed by atoms with Crippen molar-refractivity contribution in [1.29, 1.82) is 0 Å². The lowest BCUT2D eigenvalue weighted by Crippen LogP contribution is -2.34. The summed E-state index contributed by atoms with van der Waals surface area (Å²) in [5.74, 6) is 0.686. The summed E-state index contributed by atoms with van der Waals surface area (Å²) in [6.45, 7) is 6.20. The van der Waals surface area contributed by atoms with Gasteiger partial charge in [0.1, 0.15) is 5.78 Å². The van der Waals surface area contributed by atoms with Gasteiger partial charge in [-0.25, -0.2) is 0 Å². The predicted octanol–water partition coefficient (Wildman–Crippen LogP) is 2.80. The first-order valence-electron chi connectivity index (χ1n) is 6.96. The van der Waals surface area contributed by atoms with Gasteiger partial charge >= 0.3 is 0 Å². The van der Waals surface area contributed by atoms with Gasteiger partial charge in [0.15, 0.2) is 0 Å². The number of hydrogen-bond donors (Lipinski definition) is 1. The molecule has 0 amide bonds. The van der Waals surface area contributed by atoms with Crippen LogP contribution in [-0.4, -0.2) is 18.9 Å². The maximum Gasteiger partial charge on any atom is 0.137 e. The maximum atomic E-state index is 12.1. The monoisotopic (exact) mass is 245 g/mol. The summed E-state index contributed by atoms with van der Waals surface area (Å²) < 4.78 is 0. The molecule has 1 aliphatic heterocycles. The molecule has 2 rings (SSSR count). The van der Waals surface area contributed by atoms with Crippen LogP contribution < -0.4 is 5.32 Å². The Kier molecular flexibility index (Phi) is 4.54. The van der Waals surface area contributed by atoms with E-state index in [1.165, 1.54) is 16.7 Å². The maximum absolute atomic E-state index is 12.1. The third-order valence-corrected chi connectivity index (χ3v) is 3.98. The van der Waals surface area contributed by atoms with Gasteiger partial charge in [-0.2, -0.15) is 0 Å². The highest BCUT2D eigenvalue weighted by molar-refractivity contribution is 5.81. The molecule has 2 heteroatoms. The molecule has 1 aromatic rings. The molecule has 0 radical (unpaired) electrons. The molecular weight excluding hydrogens is 222 g/mol. The molecule has 0 spiro atoms. The van der Waals surface area contributed by atoms with Crippen molar-refractivity contribution in [3.05, 3.63) is 34.9 Å². The van der Waals surface area contributed by atoms with Crippen LogP contribution in [0, 0.1) is 19.8 Å². The Morgan fingerprint density at radius 1 is 1.33 bits per heavy atom. The van der Waals surface area contributed by atoms with E-state index < -0.39 is 0 Å². The minimum atomic E-state index is 0.255. The molecule has 0 bridgehead atoms. The van der Waals surface area contributed by atoms with Crippen molar-refractivity contribution < 1.29 is 4.79 Å². The van der Waals surface area contributed by atoms with Crippen molar-refractivity contribution in [2.75, 3.05) is 13.1 Å².